The van der Waals surface area contributed by atoms with Crippen LogP contribution in [0.5, 0.6) is 11.5 Å². The molecule has 0 atom stereocenters. The molecule has 0 N–H and O–H groups in total. The van der Waals surface area contributed by atoms with Gasteiger partial charge in [0, 0.05) is 23.0 Å². The molecule has 0 radical (unpaired) electrons. The van der Waals surface area contributed by atoms with Gasteiger partial charge in [0.2, 0.25) is 5.91 Å². The summed E-state index contributed by atoms with van der Waals surface area (Å²) in [7, 11) is 3.24. The van der Waals surface area contributed by atoms with E-state index in [2.05, 4.69) is 0 Å². The predicted octanol–water partition coefficient (Wildman–Crippen LogP) is 4.13. The summed E-state index contributed by atoms with van der Waals surface area (Å²) in [6, 6.07) is 12.1. The smallest absolute Gasteiger partial charge is 0.233 e. The lowest BCUT2D eigenvalue weighted by Crippen LogP contribution is -2.34. The Bertz CT molecular complexity index is 762. The van der Waals surface area contributed by atoms with Gasteiger partial charge in [-0.05, 0) is 55.3 Å². The first-order valence-electron chi connectivity index (χ1n) is 8.49. The first kappa shape index (κ1) is 18.6. The maximum absolute atomic E-state index is 13.0. The van der Waals surface area contributed by atoms with E-state index < -0.39 is 0 Å². The summed E-state index contributed by atoms with van der Waals surface area (Å²) in [4.78, 5) is 15.6. The van der Waals surface area contributed by atoms with Crippen molar-refractivity contribution in [3.8, 4) is 11.5 Å². The van der Waals surface area contributed by atoms with Crippen molar-refractivity contribution in [2.75, 3.05) is 20.0 Å². The van der Waals surface area contributed by atoms with Crippen LogP contribution >= 0.6 is 11.8 Å². The van der Waals surface area contributed by atoms with Gasteiger partial charge in [0.05, 0.1) is 20.0 Å². The van der Waals surface area contributed by atoms with Crippen LogP contribution in [-0.2, 0) is 11.3 Å². The topological polar surface area (TPSA) is 38.8 Å². The maximum Gasteiger partial charge on any atom is 0.233 e. The standard InChI is InChI=1S/C20H22FNO3S/c1-24-17-7-10-19(25-2)14(11-17)12-22(16-5-6-16)20(23)13-26-18-8-3-15(21)4-9-18/h3-4,7-11,16H,5-6,12-13H2,1-2H3. The van der Waals surface area contributed by atoms with Crippen molar-refractivity contribution in [2.24, 2.45) is 0 Å². The molecule has 1 amide bonds. The number of carbonyl (C=O) groups is 1. The van der Waals surface area contributed by atoms with Crippen molar-refractivity contribution in [1.29, 1.82) is 0 Å². The van der Waals surface area contributed by atoms with Crippen molar-refractivity contribution in [1.82, 2.24) is 4.90 Å². The fraction of sp³-hybridized carbons (Fsp3) is 0.350. The second-order valence-corrected chi connectivity index (χ2v) is 7.22. The van der Waals surface area contributed by atoms with Crippen LogP contribution in [-0.4, -0.2) is 36.8 Å². The maximum atomic E-state index is 13.0. The summed E-state index contributed by atoms with van der Waals surface area (Å²) in [5, 5.41) is 0. The van der Waals surface area contributed by atoms with E-state index in [-0.39, 0.29) is 17.8 Å². The molecular formula is C20H22FNO3S. The molecule has 6 heteroatoms. The minimum absolute atomic E-state index is 0.0756. The largest absolute Gasteiger partial charge is 0.497 e. The number of methoxy groups -OCH3 is 2. The Morgan fingerprint density at radius 1 is 1.15 bits per heavy atom. The summed E-state index contributed by atoms with van der Waals surface area (Å²) in [5.74, 6) is 1.62. The third-order valence-electron chi connectivity index (χ3n) is 4.31. The molecule has 0 aliphatic heterocycles. The average molecular weight is 375 g/mol. The fourth-order valence-corrected chi connectivity index (χ4v) is 3.54. The van der Waals surface area contributed by atoms with Crippen LogP contribution in [0.3, 0.4) is 0 Å². The molecule has 26 heavy (non-hydrogen) atoms. The number of hydrogen-bond acceptors (Lipinski definition) is 4. The van der Waals surface area contributed by atoms with E-state index in [9.17, 15) is 9.18 Å². The van der Waals surface area contributed by atoms with E-state index in [4.69, 9.17) is 9.47 Å². The number of benzene rings is 2. The third-order valence-corrected chi connectivity index (χ3v) is 5.31. The number of carbonyl (C=O) groups excluding carboxylic acids is 1. The number of ether oxygens (including phenoxy) is 2. The van der Waals surface area contributed by atoms with E-state index in [1.807, 2.05) is 23.1 Å². The first-order valence-corrected chi connectivity index (χ1v) is 9.48. The Morgan fingerprint density at radius 2 is 1.88 bits per heavy atom. The highest BCUT2D eigenvalue weighted by atomic mass is 32.2. The predicted molar refractivity (Wildman–Crippen MR) is 100 cm³/mol. The van der Waals surface area contributed by atoms with E-state index in [0.717, 1.165) is 34.8 Å². The number of halogens is 1. The quantitative estimate of drug-likeness (QED) is 0.651. The summed E-state index contributed by atoms with van der Waals surface area (Å²) >= 11 is 1.43. The Kier molecular flexibility index (Phi) is 6.04. The summed E-state index contributed by atoms with van der Waals surface area (Å²) in [6.07, 6.45) is 2.05. The molecule has 4 nitrogen and oxygen atoms in total. The van der Waals surface area contributed by atoms with E-state index in [0.29, 0.717) is 12.3 Å². The molecule has 0 saturated heterocycles. The zero-order valence-corrected chi connectivity index (χ0v) is 15.7. The number of thioether (sulfide) groups is 1. The zero-order chi connectivity index (χ0) is 18.5. The molecule has 1 fully saturated rings. The van der Waals surface area contributed by atoms with Gasteiger partial charge in [-0.1, -0.05) is 0 Å². The number of amides is 1. The molecule has 1 saturated carbocycles. The lowest BCUT2D eigenvalue weighted by Gasteiger charge is -2.24. The van der Waals surface area contributed by atoms with Crippen LogP contribution in [0.2, 0.25) is 0 Å². The monoisotopic (exact) mass is 375 g/mol. The van der Waals surface area contributed by atoms with Crippen molar-refractivity contribution in [3.05, 3.63) is 53.8 Å². The molecule has 0 unspecified atom stereocenters. The normalized spacial score (nSPS) is 13.3. The number of rotatable bonds is 8. The second kappa shape index (κ2) is 8.45. The van der Waals surface area contributed by atoms with Crippen LogP contribution in [0.15, 0.2) is 47.4 Å². The van der Waals surface area contributed by atoms with Gasteiger partial charge in [-0.15, -0.1) is 11.8 Å². The van der Waals surface area contributed by atoms with Crippen molar-refractivity contribution in [2.45, 2.75) is 30.3 Å². The Morgan fingerprint density at radius 3 is 2.50 bits per heavy atom. The van der Waals surface area contributed by atoms with Crippen LogP contribution < -0.4 is 9.47 Å². The second-order valence-electron chi connectivity index (χ2n) is 6.17. The van der Waals surface area contributed by atoms with Gasteiger partial charge in [-0.2, -0.15) is 0 Å². The van der Waals surface area contributed by atoms with Crippen molar-refractivity contribution >= 4 is 17.7 Å². The molecule has 0 bridgehead atoms. The molecule has 3 rings (SSSR count). The number of hydrogen-bond donors (Lipinski definition) is 0. The minimum Gasteiger partial charge on any atom is -0.497 e. The first-order chi connectivity index (χ1) is 12.6. The van der Waals surface area contributed by atoms with Gasteiger partial charge in [-0.25, -0.2) is 4.39 Å². The highest BCUT2D eigenvalue weighted by Gasteiger charge is 2.33. The van der Waals surface area contributed by atoms with Gasteiger partial charge in [0.15, 0.2) is 0 Å². The SMILES string of the molecule is COc1ccc(OC)c(CN(C(=O)CSc2ccc(F)cc2)C2CC2)c1. The Balaban J connectivity index is 1.69. The highest BCUT2D eigenvalue weighted by molar-refractivity contribution is 8.00. The minimum atomic E-state index is -0.273. The lowest BCUT2D eigenvalue weighted by atomic mass is 10.1. The van der Waals surface area contributed by atoms with Gasteiger partial charge < -0.3 is 14.4 Å². The Labute approximate surface area is 157 Å². The van der Waals surface area contributed by atoms with Gasteiger partial charge >= 0.3 is 0 Å². The van der Waals surface area contributed by atoms with Gasteiger partial charge in [0.25, 0.3) is 0 Å². The fourth-order valence-electron chi connectivity index (χ4n) is 2.75. The van der Waals surface area contributed by atoms with Crippen LogP contribution in [0, 0.1) is 5.82 Å². The van der Waals surface area contributed by atoms with Gasteiger partial charge in [0.1, 0.15) is 17.3 Å². The molecule has 2 aromatic carbocycles. The molecule has 0 spiro atoms. The molecule has 2 aromatic rings. The average Bonchev–Trinajstić information content (AvgIpc) is 3.50. The van der Waals surface area contributed by atoms with Crippen LogP contribution in [0.1, 0.15) is 18.4 Å². The van der Waals surface area contributed by atoms with E-state index in [1.165, 1.54) is 23.9 Å². The molecule has 138 valence electrons. The highest BCUT2D eigenvalue weighted by Crippen LogP contribution is 2.33. The molecular weight excluding hydrogens is 353 g/mol. The molecule has 1 aliphatic carbocycles. The zero-order valence-electron chi connectivity index (χ0n) is 14.9. The van der Waals surface area contributed by atoms with Gasteiger partial charge in [-0.3, -0.25) is 4.79 Å². The van der Waals surface area contributed by atoms with E-state index in [1.54, 1.807) is 26.4 Å². The lowest BCUT2D eigenvalue weighted by molar-refractivity contribution is -0.129. The third kappa shape index (κ3) is 4.69. The molecule has 0 aromatic heterocycles. The summed E-state index contributed by atoms with van der Waals surface area (Å²) < 4.78 is 23.7. The summed E-state index contributed by atoms with van der Waals surface area (Å²) in [5.41, 5.74) is 0.930. The van der Waals surface area contributed by atoms with Crippen LogP contribution in [0.25, 0.3) is 0 Å². The molecule has 0 heterocycles. The van der Waals surface area contributed by atoms with Crippen molar-refractivity contribution in [3.63, 3.8) is 0 Å². The Hall–Kier alpha value is -2.21. The molecule has 1 aliphatic rings. The van der Waals surface area contributed by atoms with E-state index >= 15 is 0 Å². The van der Waals surface area contributed by atoms with Crippen LogP contribution in [0.4, 0.5) is 4.39 Å². The number of nitrogens with zero attached hydrogens (tertiary/aromatic N) is 1. The van der Waals surface area contributed by atoms with Crippen molar-refractivity contribution < 1.29 is 18.7 Å². The summed E-state index contributed by atoms with van der Waals surface area (Å²) in [6.45, 7) is 0.494.